The molecule has 3 aliphatic carbocycles. The van der Waals surface area contributed by atoms with Crippen LogP contribution in [0, 0.1) is 34.5 Å². The van der Waals surface area contributed by atoms with Crippen LogP contribution in [0.4, 0.5) is 0 Å². The van der Waals surface area contributed by atoms with Crippen molar-refractivity contribution in [3.63, 3.8) is 0 Å². The smallest absolute Gasteiger partial charge is 0.333 e. The van der Waals surface area contributed by atoms with Crippen molar-refractivity contribution in [2.24, 2.45) is 34.5 Å². The minimum Gasteiger partial charge on any atom is -0.465 e. The Balaban J connectivity index is 1.66. The molecular weight excluding hydrogens is 344 g/mol. The Bertz CT molecular complexity index is 699. The fourth-order valence-electron chi connectivity index (χ4n) is 7.28. The zero-order chi connectivity index (χ0) is 19.6. The first-order chi connectivity index (χ1) is 12.6. The molecule has 0 radical (unpaired) electrons. The van der Waals surface area contributed by atoms with E-state index in [2.05, 4.69) is 20.8 Å². The van der Waals surface area contributed by atoms with E-state index < -0.39 is 11.8 Å². The van der Waals surface area contributed by atoms with Crippen molar-refractivity contribution >= 4 is 11.9 Å². The maximum Gasteiger partial charge on any atom is 0.333 e. The average molecular weight is 376 g/mol. The van der Waals surface area contributed by atoms with Crippen LogP contribution in [0.3, 0.4) is 0 Å². The minimum atomic E-state index is -1.42. The second-order valence-electron chi connectivity index (χ2n) is 9.99. The van der Waals surface area contributed by atoms with E-state index in [0.717, 1.165) is 37.7 Å². The fraction of sp³-hybridized carbons (Fsp3) is 0.818. The van der Waals surface area contributed by atoms with E-state index in [9.17, 15) is 14.7 Å². The van der Waals surface area contributed by atoms with E-state index in [1.54, 1.807) is 0 Å². The van der Waals surface area contributed by atoms with E-state index in [1.807, 2.05) is 0 Å². The predicted octanol–water partition coefficient (Wildman–Crippen LogP) is 3.60. The van der Waals surface area contributed by atoms with Crippen LogP contribution in [0.5, 0.6) is 0 Å². The predicted molar refractivity (Wildman–Crippen MR) is 99.3 cm³/mol. The van der Waals surface area contributed by atoms with Crippen molar-refractivity contribution in [1.29, 1.82) is 0 Å². The van der Waals surface area contributed by atoms with Gasteiger partial charge in [0.2, 0.25) is 5.79 Å². The second-order valence-corrected chi connectivity index (χ2v) is 9.99. The number of aliphatic hydroxyl groups is 1. The standard InChI is InChI=1S/C22H32O5/c1-13-15-6-7-18-20(3,12-26-14(2)23)8-5-9-21(18,4)17(15)11-22(25)16(13)10-19(24)27-22/h10,13,15,17-18,25H,5-9,11-12H2,1-4H3/t13-,15+,17+,18+,20+,21-,22?/m1/s1. The second kappa shape index (κ2) is 6.07. The zero-order valence-electron chi connectivity index (χ0n) is 16.9. The molecule has 0 saturated heterocycles. The summed E-state index contributed by atoms with van der Waals surface area (Å²) in [5, 5.41) is 11.1. The van der Waals surface area contributed by atoms with E-state index >= 15 is 0 Å². The molecule has 5 nitrogen and oxygen atoms in total. The molecule has 4 aliphatic rings. The van der Waals surface area contributed by atoms with Gasteiger partial charge < -0.3 is 14.6 Å². The molecule has 0 aromatic rings. The van der Waals surface area contributed by atoms with Gasteiger partial charge in [0.1, 0.15) is 0 Å². The SMILES string of the molecule is CC(=O)OC[C@]1(C)CCC[C@]2(C)[C@H]3CC4(O)OC(=O)C=C4[C@H](C)[C@@H]3CC[C@@H]12. The zero-order valence-corrected chi connectivity index (χ0v) is 16.9. The molecule has 3 fully saturated rings. The van der Waals surface area contributed by atoms with E-state index in [-0.39, 0.29) is 22.7 Å². The lowest BCUT2D eigenvalue weighted by Crippen LogP contribution is -2.59. The Morgan fingerprint density at radius 1 is 1.33 bits per heavy atom. The summed E-state index contributed by atoms with van der Waals surface area (Å²) in [5.41, 5.74) is 0.799. The third kappa shape index (κ3) is 2.76. The molecule has 0 aromatic heterocycles. The van der Waals surface area contributed by atoms with Crippen molar-refractivity contribution in [3.8, 4) is 0 Å². The van der Waals surface area contributed by atoms with Crippen molar-refractivity contribution in [1.82, 2.24) is 0 Å². The number of ether oxygens (including phenoxy) is 2. The number of carbonyl (C=O) groups excluding carboxylic acids is 2. The molecular formula is C22H32O5. The van der Waals surface area contributed by atoms with Crippen LogP contribution < -0.4 is 0 Å². The topological polar surface area (TPSA) is 72.8 Å². The van der Waals surface area contributed by atoms with Crippen LogP contribution in [0.25, 0.3) is 0 Å². The van der Waals surface area contributed by atoms with Gasteiger partial charge in [-0.1, -0.05) is 27.2 Å². The highest BCUT2D eigenvalue weighted by Gasteiger charge is 2.63. The van der Waals surface area contributed by atoms with Crippen LogP contribution >= 0.6 is 0 Å². The Morgan fingerprint density at radius 2 is 2.07 bits per heavy atom. The first-order valence-corrected chi connectivity index (χ1v) is 10.4. The third-order valence-electron chi connectivity index (χ3n) is 8.48. The van der Waals surface area contributed by atoms with Gasteiger partial charge in [-0.3, -0.25) is 4.79 Å². The Kier molecular flexibility index (Phi) is 4.26. The van der Waals surface area contributed by atoms with Crippen molar-refractivity contribution in [3.05, 3.63) is 11.6 Å². The normalized spacial score (nSPS) is 48.6. The summed E-state index contributed by atoms with van der Waals surface area (Å²) < 4.78 is 10.9. The molecule has 3 saturated carbocycles. The molecule has 5 heteroatoms. The summed E-state index contributed by atoms with van der Waals surface area (Å²) in [7, 11) is 0. The van der Waals surface area contributed by atoms with Gasteiger partial charge in [0.25, 0.3) is 0 Å². The van der Waals surface area contributed by atoms with Gasteiger partial charge in [0.05, 0.1) is 6.61 Å². The molecule has 1 N–H and O–H groups in total. The van der Waals surface area contributed by atoms with Crippen LogP contribution in [0.2, 0.25) is 0 Å². The molecule has 27 heavy (non-hydrogen) atoms. The van der Waals surface area contributed by atoms with Gasteiger partial charge in [-0.15, -0.1) is 0 Å². The number of rotatable bonds is 2. The van der Waals surface area contributed by atoms with Crippen molar-refractivity contribution in [2.75, 3.05) is 6.61 Å². The van der Waals surface area contributed by atoms with Gasteiger partial charge in [0, 0.05) is 30.4 Å². The fourth-order valence-corrected chi connectivity index (χ4v) is 7.28. The minimum absolute atomic E-state index is 0.0298. The summed E-state index contributed by atoms with van der Waals surface area (Å²) in [6.45, 7) is 8.71. The van der Waals surface area contributed by atoms with Crippen molar-refractivity contribution in [2.45, 2.75) is 72.0 Å². The summed E-state index contributed by atoms with van der Waals surface area (Å²) in [5.74, 6) is -0.697. The van der Waals surface area contributed by atoms with Gasteiger partial charge in [0.15, 0.2) is 0 Å². The lowest BCUT2D eigenvalue weighted by atomic mass is 9.42. The molecule has 1 heterocycles. The Morgan fingerprint density at radius 3 is 2.78 bits per heavy atom. The lowest BCUT2D eigenvalue weighted by Gasteiger charge is -2.63. The van der Waals surface area contributed by atoms with Gasteiger partial charge >= 0.3 is 11.9 Å². The molecule has 1 aliphatic heterocycles. The molecule has 0 amide bonds. The average Bonchev–Trinajstić information content (AvgIpc) is 2.89. The lowest BCUT2D eigenvalue weighted by molar-refractivity contribution is -0.223. The van der Waals surface area contributed by atoms with E-state index in [1.165, 1.54) is 13.0 Å². The number of carbonyl (C=O) groups is 2. The van der Waals surface area contributed by atoms with Crippen LogP contribution in [-0.4, -0.2) is 29.4 Å². The summed E-state index contributed by atoms with van der Waals surface area (Å²) in [6.07, 6.45) is 7.49. The van der Waals surface area contributed by atoms with Crippen LogP contribution in [0.15, 0.2) is 11.6 Å². The number of hydrogen-bond acceptors (Lipinski definition) is 5. The van der Waals surface area contributed by atoms with E-state index in [0.29, 0.717) is 30.8 Å². The summed E-state index contributed by atoms with van der Waals surface area (Å²) in [4.78, 5) is 23.3. The maximum atomic E-state index is 11.9. The van der Waals surface area contributed by atoms with Gasteiger partial charge in [-0.25, -0.2) is 4.79 Å². The molecule has 150 valence electrons. The van der Waals surface area contributed by atoms with Gasteiger partial charge in [-0.05, 0) is 54.8 Å². The Labute approximate surface area is 161 Å². The van der Waals surface area contributed by atoms with Crippen molar-refractivity contribution < 1.29 is 24.2 Å². The van der Waals surface area contributed by atoms with E-state index in [4.69, 9.17) is 9.47 Å². The monoisotopic (exact) mass is 376 g/mol. The van der Waals surface area contributed by atoms with Crippen LogP contribution in [-0.2, 0) is 19.1 Å². The van der Waals surface area contributed by atoms with Gasteiger partial charge in [-0.2, -0.15) is 0 Å². The molecule has 4 rings (SSSR count). The van der Waals surface area contributed by atoms with Crippen LogP contribution in [0.1, 0.15) is 66.2 Å². The Hall–Kier alpha value is -1.36. The molecule has 7 atom stereocenters. The molecule has 0 aromatic carbocycles. The highest BCUT2D eigenvalue weighted by molar-refractivity contribution is 5.86. The summed E-state index contributed by atoms with van der Waals surface area (Å²) >= 11 is 0. The maximum absolute atomic E-state index is 11.9. The quantitative estimate of drug-likeness (QED) is 0.746. The number of fused-ring (bicyclic) bond motifs is 4. The summed E-state index contributed by atoms with van der Waals surface area (Å²) in [6, 6.07) is 0. The number of hydrogen-bond donors (Lipinski definition) is 1. The molecule has 0 bridgehead atoms. The third-order valence-corrected chi connectivity index (χ3v) is 8.48. The number of esters is 2. The largest absolute Gasteiger partial charge is 0.465 e. The first-order valence-electron chi connectivity index (χ1n) is 10.4. The highest BCUT2D eigenvalue weighted by Crippen LogP contribution is 2.66. The highest BCUT2D eigenvalue weighted by atomic mass is 16.7. The first kappa shape index (κ1) is 19.0. The molecule has 0 spiro atoms. The molecule has 1 unspecified atom stereocenters.